The van der Waals surface area contributed by atoms with Gasteiger partial charge in [-0.05, 0) is 75.3 Å². The second-order valence-electron chi connectivity index (χ2n) is 14.1. The van der Waals surface area contributed by atoms with E-state index in [1.807, 2.05) is 6.92 Å². The molecule has 0 aromatic carbocycles. The number of aliphatic hydroxyl groups is 2. The average Bonchev–Trinajstić information content (AvgIpc) is 3.88. The van der Waals surface area contributed by atoms with Crippen LogP contribution in [0, 0.1) is 34.5 Å². The molecule has 230 valence electrons. The van der Waals surface area contributed by atoms with Crippen LogP contribution in [0.15, 0.2) is 39.8 Å². The van der Waals surface area contributed by atoms with Gasteiger partial charge in [0.25, 0.3) is 0 Å². The van der Waals surface area contributed by atoms with E-state index in [9.17, 15) is 24.6 Å². The van der Waals surface area contributed by atoms with Crippen molar-refractivity contribution >= 4 is 11.9 Å². The van der Waals surface area contributed by atoms with E-state index >= 15 is 0 Å². The zero-order chi connectivity index (χ0) is 30.3. The summed E-state index contributed by atoms with van der Waals surface area (Å²) in [6.07, 6.45) is 4.89. The Morgan fingerprint density at radius 1 is 1.07 bits per heavy atom. The molecule has 2 aromatic rings. The van der Waals surface area contributed by atoms with Crippen LogP contribution < -0.4 is 10.4 Å². The minimum absolute atomic E-state index is 0.0216. The number of esters is 2. The Balaban J connectivity index is 1.27. The number of fused-ring (bicyclic) bond motifs is 4. The van der Waals surface area contributed by atoms with Crippen LogP contribution in [-0.4, -0.2) is 51.6 Å². The highest BCUT2D eigenvalue weighted by molar-refractivity contribution is 5.75. The van der Waals surface area contributed by atoms with Gasteiger partial charge in [-0.3, -0.25) is 14.6 Å². The molecular formula is C33H39NO9. The van der Waals surface area contributed by atoms with Crippen LogP contribution in [0.25, 0.3) is 11.3 Å². The van der Waals surface area contributed by atoms with Crippen LogP contribution in [-0.2, 0) is 19.1 Å². The molecule has 4 aliphatic carbocycles. The predicted octanol–water partition coefficient (Wildman–Crippen LogP) is 3.96. The summed E-state index contributed by atoms with van der Waals surface area (Å²) in [7, 11) is 0. The molecule has 0 amide bonds. The molecule has 2 N–H and O–H groups in total. The van der Waals surface area contributed by atoms with Gasteiger partial charge in [0, 0.05) is 35.4 Å². The summed E-state index contributed by atoms with van der Waals surface area (Å²) in [5.41, 5.74) is -2.85. The molecule has 10 heteroatoms. The molecule has 1 aliphatic heterocycles. The molecule has 1 unspecified atom stereocenters. The molecule has 43 heavy (non-hydrogen) atoms. The van der Waals surface area contributed by atoms with Gasteiger partial charge in [0.1, 0.15) is 35.4 Å². The van der Waals surface area contributed by atoms with Gasteiger partial charge in [0.2, 0.25) is 0 Å². The topological polar surface area (TPSA) is 145 Å². The Bertz CT molecular complexity index is 1500. The largest absolute Gasteiger partial charge is 0.484 e. The Kier molecular flexibility index (Phi) is 6.56. The van der Waals surface area contributed by atoms with Gasteiger partial charge >= 0.3 is 17.6 Å². The smallest absolute Gasteiger partial charge is 0.345 e. The third kappa shape index (κ3) is 4.51. The standard InChI is InChI=1S/C33H39NO9/c1-31-11-10-24(42-29(38)18-8-9-18)32(2,16-40-28(37)17-6-7-17)22(31)14-23(35)33(3)27(31)26(36)25-21(43-33)13-20(41-30(25)39)19-5-4-12-34-15-19/h4-5,12-13,15,17-18,22-24,26-27,35-36H,6-11,14,16H2,1-3H3/t22-,23+,24+,26+,27-,31+,32+,33?/m1/s1. The van der Waals surface area contributed by atoms with Crippen molar-refractivity contribution in [1.82, 2.24) is 4.98 Å². The zero-order valence-electron chi connectivity index (χ0n) is 24.8. The van der Waals surface area contributed by atoms with E-state index in [0.717, 1.165) is 25.7 Å². The predicted molar refractivity (Wildman–Crippen MR) is 152 cm³/mol. The van der Waals surface area contributed by atoms with Crippen molar-refractivity contribution in [3.63, 3.8) is 0 Å². The molecule has 0 saturated heterocycles. The fourth-order valence-corrected chi connectivity index (χ4v) is 8.45. The lowest BCUT2D eigenvalue weighted by Crippen LogP contribution is -2.71. The van der Waals surface area contributed by atoms with Gasteiger partial charge < -0.3 is 28.8 Å². The highest BCUT2D eigenvalue weighted by Gasteiger charge is 2.70. The summed E-state index contributed by atoms with van der Waals surface area (Å²) >= 11 is 0. The second kappa shape index (κ2) is 9.89. The zero-order valence-corrected chi connectivity index (χ0v) is 24.8. The molecule has 4 fully saturated rings. The Labute approximate surface area is 249 Å². The number of nitrogens with zero attached hydrogens (tertiary/aromatic N) is 1. The minimum atomic E-state index is -1.29. The SMILES string of the molecule is CC12Oc3cc(-c4cccnc4)oc(=O)c3[C@H](O)[C@@H]1[C@@]1(C)CC[C@H](OC(=O)C3CC3)[C@@](C)(COC(=O)C3CC3)[C@@H]1C[C@@H]2O. The number of hydrogen-bond acceptors (Lipinski definition) is 10. The Morgan fingerprint density at radius 2 is 1.79 bits per heavy atom. The summed E-state index contributed by atoms with van der Waals surface area (Å²) in [6, 6.07) is 5.06. The Hall–Kier alpha value is -3.24. The van der Waals surface area contributed by atoms with Crippen molar-refractivity contribution in [2.75, 3.05) is 6.61 Å². The lowest BCUT2D eigenvalue weighted by atomic mass is 9.42. The van der Waals surface area contributed by atoms with Crippen molar-refractivity contribution in [3.05, 3.63) is 46.6 Å². The monoisotopic (exact) mass is 593 g/mol. The first-order chi connectivity index (χ1) is 20.5. The summed E-state index contributed by atoms with van der Waals surface area (Å²) in [6.45, 7) is 5.84. The maximum absolute atomic E-state index is 13.4. The maximum atomic E-state index is 13.4. The number of aliphatic hydroxyl groups excluding tert-OH is 2. The van der Waals surface area contributed by atoms with E-state index in [-0.39, 0.29) is 59.8 Å². The van der Waals surface area contributed by atoms with Crippen LogP contribution in [0.1, 0.15) is 77.4 Å². The molecule has 5 aliphatic rings. The van der Waals surface area contributed by atoms with Gasteiger partial charge in [-0.2, -0.15) is 0 Å². The van der Waals surface area contributed by atoms with Crippen LogP contribution in [0.4, 0.5) is 0 Å². The number of carbonyl (C=O) groups is 2. The van der Waals surface area contributed by atoms with E-state index in [0.29, 0.717) is 18.4 Å². The van der Waals surface area contributed by atoms with E-state index < -0.39 is 46.3 Å². The molecule has 0 spiro atoms. The maximum Gasteiger partial charge on any atom is 0.345 e. The van der Waals surface area contributed by atoms with Gasteiger partial charge in [-0.1, -0.05) is 13.8 Å². The van der Waals surface area contributed by atoms with Crippen LogP contribution >= 0.6 is 0 Å². The lowest BCUT2D eigenvalue weighted by molar-refractivity contribution is -0.267. The molecule has 7 rings (SSSR count). The van der Waals surface area contributed by atoms with Crippen molar-refractivity contribution in [2.24, 2.45) is 34.5 Å². The van der Waals surface area contributed by atoms with Crippen molar-refractivity contribution in [1.29, 1.82) is 0 Å². The third-order valence-corrected chi connectivity index (χ3v) is 11.2. The van der Waals surface area contributed by atoms with E-state index in [2.05, 4.69) is 11.9 Å². The van der Waals surface area contributed by atoms with Crippen molar-refractivity contribution < 1.29 is 38.4 Å². The lowest BCUT2D eigenvalue weighted by Gasteiger charge is -2.66. The summed E-state index contributed by atoms with van der Waals surface area (Å²) in [5.74, 6) is -1.26. The molecule has 10 nitrogen and oxygen atoms in total. The van der Waals surface area contributed by atoms with E-state index in [1.165, 1.54) is 0 Å². The molecule has 3 heterocycles. The summed E-state index contributed by atoms with van der Waals surface area (Å²) in [4.78, 5) is 43.1. The molecule has 2 aromatic heterocycles. The van der Waals surface area contributed by atoms with Crippen molar-refractivity contribution in [3.8, 4) is 17.1 Å². The fraction of sp³-hybridized carbons (Fsp3) is 0.636. The number of carbonyl (C=O) groups excluding carboxylic acids is 2. The molecule has 0 bridgehead atoms. The first kappa shape index (κ1) is 28.5. The summed E-state index contributed by atoms with van der Waals surface area (Å²) in [5, 5.41) is 23.8. The van der Waals surface area contributed by atoms with E-state index in [1.54, 1.807) is 37.5 Å². The summed E-state index contributed by atoms with van der Waals surface area (Å²) < 4.78 is 24.2. The van der Waals surface area contributed by atoms with E-state index in [4.69, 9.17) is 18.6 Å². The third-order valence-electron chi connectivity index (χ3n) is 11.2. The number of hydrogen-bond donors (Lipinski definition) is 2. The number of ether oxygens (including phenoxy) is 3. The van der Waals surface area contributed by atoms with Gasteiger partial charge in [0.15, 0.2) is 0 Å². The highest BCUT2D eigenvalue weighted by Crippen LogP contribution is 2.67. The van der Waals surface area contributed by atoms with Gasteiger partial charge in [0.05, 0.1) is 24.0 Å². The van der Waals surface area contributed by atoms with Crippen LogP contribution in [0.3, 0.4) is 0 Å². The molecular weight excluding hydrogens is 554 g/mol. The number of pyridine rings is 1. The van der Waals surface area contributed by atoms with Crippen LogP contribution in [0.5, 0.6) is 5.75 Å². The quantitative estimate of drug-likeness (QED) is 0.472. The fourth-order valence-electron chi connectivity index (χ4n) is 8.45. The Morgan fingerprint density at radius 3 is 2.47 bits per heavy atom. The van der Waals surface area contributed by atoms with Crippen LogP contribution in [0.2, 0.25) is 0 Å². The normalized spacial score (nSPS) is 38.1. The molecule has 8 atom stereocenters. The minimum Gasteiger partial charge on any atom is -0.484 e. The molecule has 0 radical (unpaired) electrons. The highest BCUT2D eigenvalue weighted by atomic mass is 16.6. The first-order valence-corrected chi connectivity index (χ1v) is 15.5. The van der Waals surface area contributed by atoms with Gasteiger partial charge in [-0.25, -0.2) is 4.79 Å². The number of rotatable bonds is 6. The van der Waals surface area contributed by atoms with Crippen molar-refractivity contribution in [2.45, 2.75) is 89.6 Å². The second-order valence-corrected chi connectivity index (χ2v) is 14.1. The van der Waals surface area contributed by atoms with Gasteiger partial charge in [-0.15, -0.1) is 0 Å². The average molecular weight is 594 g/mol. The molecule has 4 saturated carbocycles. The number of aromatic nitrogens is 1. The first-order valence-electron chi connectivity index (χ1n) is 15.5.